The molecule has 2 aliphatic rings. The Morgan fingerprint density at radius 3 is 2.27 bits per heavy atom. The molecule has 0 amide bonds. The van der Waals surface area contributed by atoms with Gasteiger partial charge in [-0.05, 0) is 64.9 Å². The first-order chi connectivity index (χ1) is 22.3. The lowest BCUT2D eigenvalue weighted by atomic mass is 10.0. The zero-order chi connectivity index (χ0) is 29.3. The van der Waals surface area contributed by atoms with Gasteiger partial charge in [0.1, 0.15) is 5.66 Å². The summed E-state index contributed by atoms with van der Waals surface area (Å²) in [6, 6.07) is 49.5. The molecule has 0 saturated carbocycles. The van der Waals surface area contributed by atoms with Crippen LogP contribution in [0.4, 0.5) is 0 Å². The Labute approximate surface area is 263 Å². The molecule has 11 rings (SSSR count). The maximum absolute atomic E-state index is 2.66. The van der Waals surface area contributed by atoms with E-state index in [2.05, 4.69) is 160 Å². The summed E-state index contributed by atoms with van der Waals surface area (Å²) in [5, 5.41) is 7.88. The monoisotopic (exact) mass is 593 g/mol. The highest BCUT2D eigenvalue weighted by molar-refractivity contribution is 7.26. The number of thiophene rings is 1. The van der Waals surface area contributed by atoms with Crippen LogP contribution in [0, 0.1) is 0 Å². The summed E-state index contributed by atoms with van der Waals surface area (Å²) in [4.78, 5) is 2.66. The number of hydrogen-bond acceptors (Lipinski definition) is 2. The normalized spacial score (nSPS) is 20.8. The van der Waals surface area contributed by atoms with Crippen molar-refractivity contribution in [1.82, 2.24) is 14.0 Å². The summed E-state index contributed by atoms with van der Waals surface area (Å²) in [6.07, 6.45) is 4.90. The third kappa shape index (κ3) is 3.08. The molecule has 5 heterocycles. The first kappa shape index (κ1) is 24.2. The number of nitrogens with zero attached hydrogens (tertiary/aromatic N) is 3. The summed E-state index contributed by atoms with van der Waals surface area (Å²) in [7, 11) is 0. The summed E-state index contributed by atoms with van der Waals surface area (Å²) in [5.41, 5.74) is 7.56. The van der Waals surface area contributed by atoms with Crippen LogP contribution in [-0.2, 0) is 5.66 Å². The minimum Gasteiger partial charge on any atom is -0.314 e. The molecule has 3 unspecified atom stereocenters. The maximum Gasteiger partial charge on any atom is 0.131 e. The van der Waals surface area contributed by atoms with E-state index < -0.39 is 0 Å². The molecule has 1 saturated heterocycles. The molecule has 3 aromatic heterocycles. The van der Waals surface area contributed by atoms with Gasteiger partial charge in [0.25, 0.3) is 0 Å². The number of fused-ring (bicyclic) bond motifs is 11. The standard InChI is InChI=1S/C41H27N3S/c1-2-12-29(13-3-1)43-38-32(20-21-36-37(38)31-15-7-9-17-35(31)45-36)40-39(43)30-14-6-8-16-34(30)44(40)41-23-22-33(42(41)25-41)28-19-18-26-10-4-5-11-27(26)24-28/h1-24,33H,25H2. The molecule has 0 radical (unpaired) electrons. The van der Waals surface area contributed by atoms with Gasteiger partial charge in [0.15, 0.2) is 0 Å². The molecule has 4 heteroatoms. The Morgan fingerprint density at radius 2 is 1.38 bits per heavy atom. The van der Waals surface area contributed by atoms with Gasteiger partial charge >= 0.3 is 0 Å². The molecule has 212 valence electrons. The number of rotatable bonds is 3. The van der Waals surface area contributed by atoms with Gasteiger partial charge in [-0.3, -0.25) is 4.90 Å². The van der Waals surface area contributed by atoms with Gasteiger partial charge in [0.2, 0.25) is 0 Å². The highest BCUT2D eigenvalue weighted by Gasteiger charge is 2.59. The highest BCUT2D eigenvalue weighted by atomic mass is 32.1. The predicted molar refractivity (Wildman–Crippen MR) is 190 cm³/mol. The van der Waals surface area contributed by atoms with Crippen molar-refractivity contribution < 1.29 is 0 Å². The molecule has 1 fully saturated rings. The average molecular weight is 594 g/mol. The van der Waals surface area contributed by atoms with E-state index in [1.807, 2.05) is 11.3 Å². The maximum atomic E-state index is 2.66. The lowest BCUT2D eigenvalue weighted by molar-refractivity contribution is 0.377. The Morgan fingerprint density at radius 1 is 0.600 bits per heavy atom. The second-order valence-corrected chi connectivity index (χ2v) is 13.7. The second kappa shape index (κ2) is 8.51. The van der Waals surface area contributed by atoms with Gasteiger partial charge in [0.05, 0.1) is 28.1 Å². The number of hydrogen-bond donors (Lipinski definition) is 0. The molecule has 3 atom stereocenters. The summed E-state index contributed by atoms with van der Waals surface area (Å²) < 4.78 is 7.88. The Kier molecular flexibility index (Phi) is 4.58. The Hall–Kier alpha value is -5.16. The molecule has 0 bridgehead atoms. The van der Waals surface area contributed by atoms with E-state index in [1.54, 1.807) is 0 Å². The van der Waals surface area contributed by atoms with Gasteiger partial charge in [-0.15, -0.1) is 11.3 Å². The van der Waals surface area contributed by atoms with E-state index in [1.165, 1.54) is 75.0 Å². The highest BCUT2D eigenvalue weighted by Crippen LogP contribution is 2.56. The minimum atomic E-state index is -0.195. The van der Waals surface area contributed by atoms with Gasteiger partial charge in [-0.25, -0.2) is 0 Å². The van der Waals surface area contributed by atoms with Gasteiger partial charge in [-0.2, -0.15) is 0 Å². The fourth-order valence-electron chi connectivity index (χ4n) is 8.28. The first-order valence-corrected chi connectivity index (χ1v) is 16.5. The van der Waals surface area contributed by atoms with Gasteiger partial charge < -0.3 is 9.13 Å². The lowest BCUT2D eigenvalue weighted by Gasteiger charge is -2.18. The van der Waals surface area contributed by atoms with Crippen LogP contribution in [0.15, 0.2) is 146 Å². The van der Waals surface area contributed by atoms with Crippen molar-refractivity contribution in [2.24, 2.45) is 0 Å². The molecule has 45 heavy (non-hydrogen) atoms. The number of aromatic nitrogens is 2. The van der Waals surface area contributed by atoms with Crippen LogP contribution in [0.2, 0.25) is 0 Å². The van der Waals surface area contributed by atoms with Crippen LogP contribution in [-0.4, -0.2) is 20.6 Å². The van der Waals surface area contributed by atoms with Crippen LogP contribution < -0.4 is 0 Å². The molecular weight excluding hydrogens is 567 g/mol. The smallest absolute Gasteiger partial charge is 0.131 e. The molecular formula is C41H27N3S. The average Bonchev–Trinajstić information content (AvgIpc) is 3.40. The predicted octanol–water partition coefficient (Wildman–Crippen LogP) is 10.5. The Bertz CT molecular complexity index is 2710. The van der Waals surface area contributed by atoms with E-state index >= 15 is 0 Å². The van der Waals surface area contributed by atoms with Crippen molar-refractivity contribution in [3.8, 4) is 5.69 Å². The molecule has 9 aromatic rings. The number of benzene rings is 6. The van der Waals surface area contributed by atoms with Gasteiger partial charge in [0, 0.05) is 43.2 Å². The van der Waals surface area contributed by atoms with E-state index in [-0.39, 0.29) is 11.7 Å². The van der Waals surface area contributed by atoms with Crippen molar-refractivity contribution in [1.29, 1.82) is 0 Å². The van der Waals surface area contributed by atoms with Crippen LogP contribution in [0.1, 0.15) is 11.6 Å². The number of para-hydroxylation sites is 2. The van der Waals surface area contributed by atoms with Crippen LogP contribution in [0.25, 0.3) is 69.5 Å². The first-order valence-electron chi connectivity index (χ1n) is 15.7. The zero-order valence-corrected chi connectivity index (χ0v) is 25.2. The topological polar surface area (TPSA) is 12.9 Å². The van der Waals surface area contributed by atoms with Crippen LogP contribution in [0.5, 0.6) is 0 Å². The van der Waals surface area contributed by atoms with Crippen molar-refractivity contribution in [3.63, 3.8) is 0 Å². The van der Waals surface area contributed by atoms with E-state index in [9.17, 15) is 0 Å². The summed E-state index contributed by atoms with van der Waals surface area (Å²) in [6.45, 7) is 0.996. The molecule has 0 aliphatic carbocycles. The van der Waals surface area contributed by atoms with Gasteiger partial charge in [-0.1, -0.05) is 97.1 Å². The zero-order valence-electron chi connectivity index (χ0n) is 24.4. The van der Waals surface area contributed by atoms with E-state index in [4.69, 9.17) is 0 Å². The fraction of sp³-hybridized carbons (Fsp3) is 0.0732. The van der Waals surface area contributed by atoms with Crippen molar-refractivity contribution in [2.75, 3.05) is 6.54 Å². The molecule has 0 spiro atoms. The van der Waals surface area contributed by atoms with E-state index in [0.29, 0.717) is 0 Å². The summed E-state index contributed by atoms with van der Waals surface area (Å²) in [5.74, 6) is 0. The van der Waals surface area contributed by atoms with Crippen molar-refractivity contribution in [3.05, 3.63) is 151 Å². The minimum absolute atomic E-state index is 0.195. The van der Waals surface area contributed by atoms with Crippen LogP contribution >= 0.6 is 11.3 Å². The third-order valence-electron chi connectivity index (χ3n) is 10.3. The Balaban J connectivity index is 1.23. The molecule has 6 aromatic carbocycles. The quantitative estimate of drug-likeness (QED) is 0.147. The third-order valence-corrected chi connectivity index (χ3v) is 11.4. The molecule has 2 aliphatic heterocycles. The van der Waals surface area contributed by atoms with E-state index in [0.717, 1.165) is 6.54 Å². The molecule has 3 nitrogen and oxygen atoms in total. The SMILES string of the molecule is C1=CC2(n3c4ccccc4c4c3c3ccc5sc6ccccc6c5c3n4-c3ccccc3)CN2C1c1ccc2ccccc2c1. The van der Waals surface area contributed by atoms with Crippen molar-refractivity contribution in [2.45, 2.75) is 11.7 Å². The second-order valence-electron chi connectivity index (χ2n) is 12.6. The van der Waals surface area contributed by atoms with Crippen LogP contribution in [0.3, 0.4) is 0 Å². The van der Waals surface area contributed by atoms with Crippen molar-refractivity contribution >= 4 is 75.1 Å². The lowest BCUT2D eigenvalue weighted by Crippen LogP contribution is -2.19. The summed E-state index contributed by atoms with van der Waals surface area (Å²) >= 11 is 1.89. The largest absolute Gasteiger partial charge is 0.314 e. The fourth-order valence-corrected chi connectivity index (χ4v) is 9.39. The molecule has 0 N–H and O–H groups in total.